The van der Waals surface area contributed by atoms with E-state index in [9.17, 15) is 9.59 Å². The highest BCUT2D eigenvalue weighted by Crippen LogP contribution is 2.33. The number of hydrogen-bond donors (Lipinski definition) is 2. The van der Waals surface area contributed by atoms with Crippen molar-refractivity contribution in [3.05, 3.63) is 51.9 Å². The zero-order valence-corrected chi connectivity index (χ0v) is 15.7. The summed E-state index contributed by atoms with van der Waals surface area (Å²) in [6.07, 6.45) is 0. The summed E-state index contributed by atoms with van der Waals surface area (Å²) in [6, 6.07) is 9.08. The standard InChI is InChI=1S/C19H23N3O2S/c1-13-14(2)25-18(20-17(23)15-7-5-4-6-8-15)16(13)19(24)22-11-9-21(3)10-12-22/h4-8H,9-12H2,1-3H3,(H,20,23)/p+1. The largest absolute Gasteiger partial charge is 0.334 e. The van der Waals surface area contributed by atoms with E-state index in [1.807, 2.05) is 36.9 Å². The van der Waals surface area contributed by atoms with E-state index in [0.717, 1.165) is 36.6 Å². The van der Waals surface area contributed by atoms with E-state index in [1.54, 1.807) is 12.1 Å². The molecule has 25 heavy (non-hydrogen) atoms. The van der Waals surface area contributed by atoms with Crippen molar-refractivity contribution in [2.45, 2.75) is 13.8 Å². The summed E-state index contributed by atoms with van der Waals surface area (Å²) in [7, 11) is 2.15. The summed E-state index contributed by atoms with van der Waals surface area (Å²) >= 11 is 1.47. The molecule has 2 amide bonds. The monoisotopic (exact) mass is 358 g/mol. The van der Waals surface area contributed by atoms with Crippen LogP contribution >= 0.6 is 11.3 Å². The van der Waals surface area contributed by atoms with E-state index < -0.39 is 0 Å². The number of thiophene rings is 1. The van der Waals surface area contributed by atoms with Crippen molar-refractivity contribution in [1.29, 1.82) is 0 Å². The summed E-state index contributed by atoms with van der Waals surface area (Å²) in [4.78, 5) is 30.0. The quantitative estimate of drug-likeness (QED) is 0.875. The highest BCUT2D eigenvalue weighted by Gasteiger charge is 2.28. The van der Waals surface area contributed by atoms with Crippen LogP contribution in [0.2, 0.25) is 0 Å². The number of carbonyl (C=O) groups is 2. The third kappa shape index (κ3) is 3.75. The minimum Gasteiger partial charge on any atom is -0.334 e. The van der Waals surface area contributed by atoms with Crippen LogP contribution in [-0.4, -0.2) is 49.9 Å². The zero-order valence-electron chi connectivity index (χ0n) is 14.9. The van der Waals surface area contributed by atoms with Crippen LogP contribution in [0, 0.1) is 13.8 Å². The first-order valence-corrected chi connectivity index (χ1v) is 9.36. The Balaban J connectivity index is 1.85. The van der Waals surface area contributed by atoms with Crippen molar-refractivity contribution < 1.29 is 14.5 Å². The lowest BCUT2D eigenvalue weighted by Gasteiger charge is -2.30. The first-order valence-electron chi connectivity index (χ1n) is 8.54. The van der Waals surface area contributed by atoms with Crippen LogP contribution in [0.4, 0.5) is 5.00 Å². The van der Waals surface area contributed by atoms with Crippen LogP contribution in [0.5, 0.6) is 0 Å². The number of anilines is 1. The van der Waals surface area contributed by atoms with E-state index in [2.05, 4.69) is 12.4 Å². The van der Waals surface area contributed by atoms with Crippen molar-refractivity contribution in [3.8, 4) is 0 Å². The van der Waals surface area contributed by atoms with Crippen LogP contribution in [0.25, 0.3) is 0 Å². The van der Waals surface area contributed by atoms with Gasteiger partial charge in [0.2, 0.25) is 0 Å². The SMILES string of the molecule is Cc1sc(NC(=O)c2ccccc2)c(C(=O)N2CC[NH+](C)CC2)c1C. The number of amides is 2. The Labute approximate surface area is 152 Å². The molecule has 1 saturated heterocycles. The average molecular weight is 358 g/mol. The molecule has 132 valence electrons. The number of rotatable bonds is 3. The molecule has 0 aliphatic carbocycles. The predicted molar refractivity (Wildman–Crippen MR) is 101 cm³/mol. The maximum absolute atomic E-state index is 13.1. The molecule has 0 saturated carbocycles. The van der Waals surface area contributed by atoms with E-state index in [4.69, 9.17) is 0 Å². The van der Waals surface area contributed by atoms with E-state index >= 15 is 0 Å². The van der Waals surface area contributed by atoms with Gasteiger partial charge in [0.1, 0.15) is 5.00 Å². The fourth-order valence-corrected chi connectivity index (χ4v) is 4.03. The van der Waals surface area contributed by atoms with Gasteiger partial charge in [-0.05, 0) is 31.5 Å². The Kier molecular flexibility index (Phi) is 5.20. The second-order valence-electron chi connectivity index (χ2n) is 6.56. The molecule has 0 unspecified atom stereocenters. The van der Waals surface area contributed by atoms with Gasteiger partial charge in [-0.3, -0.25) is 9.59 Å². The number of aryl methyl sites for hydroxylation is 1. The fraction of sp³-hybridized carbons (Fsp3) is 0.368. The molecule has 1 aromatic heterocycles. The molecule has 0 bridgehead atoms. The van der Waals surface area contributed by atoms with Gasteiger partial charge in [-0.2, -0.15) is 0 Å². The Morgan fingerprint density at radius 3 is 2.40 bits per heavy atom. The van der Waals surface area contributed by atoms with Crippen LogP contribution < -0.4 is 10.2 Å². The van der Waals surface area contributed by atoms with Crippen molar-refractivity contribution in [2.24, 2.45) is 0 Å². The Hall–Kier alpha value is -2.18. The summed E-state index contributed by atoms with van der Waals surface area (Å²) in [5.74, 6) is -0.156. The Morgan fingerprint density at radius 2 is 1.76 bits per heavy atom. The lowest BCUT2D eigenvalue weighted by Crippen LogP contribution is -3.12. The van der Waals surface area contributed by atoms with Crippen LogP contribution in [0.15, 0.2) is 30.3 Å². The average Bonchev–Trinajstić information content (AvgIpc) is 2.89. The number of benzene rings is 1. The normalized spacial score (nSPS) is 15.2. The molecule has 1 aliphatic rings. The number of piperazine rings is 1. The Bertz CT molecular complexity index is 777. The molecular formula is C19H24N3O2S+. The number of likely N-dealkylation sites (N-methyl/N-ethyl adjacent to an activating group) is 1. The van der Waals surface area contributed by atoms with Gasteiger partial charge in [0.25, 0.3) is 11.8 Å². The van der Waals surface area contributed by atoms with Gasteiger partial charge in [-0.15, -0.1) is 11.3 Å². The van der Waals surface area contributed by atoms with Gasteiger partial charge in [0.15, 0.2) is 0 Å². The topological polar surface area (TPSA) is 53.9 Å². The fourth-order valence-electron chi connectivity index (χ4n) is 2.99. The van der Waals surface area contributed by atoms with E-state index in [1.165, 1.54) is 16.2 Å². The molecule has 6 heteroatoms. The van der Waals surface area contributed by atoms with Gasteiger partial charge in [-0.25, -0.2) is 0 Å². The molecule has 0 radical (unpaired) electrons. The number of nitrogens with zero attached hydrogens (tertiary/aromatic N) is 1. The molecule has 0 atom stereocenters. The highest BCUT2D eigenvalue weighted by atomic mass is 32.1. The smallest absolute Gasteiger partial charge is 0.257 e. The molecule has 1 aliphatic heterocycles. The number of quaternary nitrogens is 1. The van der Waals surface area contributed by atoms with Gasteiger partial charge < -0.3 is 15.1 Å². The molecule has 0 spiro atoms. The number of hydrogen-bond acceptors (Lipinski definition) is 3. The molecule has 1 fully saturated rings. The lowest BCUT2D eigenvalue weighted by atomic mass is 10.1. The van der Waals surface area contributed by atoms with Crippen molar-refractivity contribution in [3.63, 3.8) is 0 Å². The Morgan fingerprint density at radius 1 is 1.12 bits per heavy atom. The lowest BCUT2D eigenvalue weighted by molar-refractivity contribution is -0.883. The maximum Gasteiger partial charge on any atom is 0.257 e. The van der Waals surface area contributed by atoms with E-state index in [-0.39, 0.29) is 11.8 Å². The zero-order chi connectivity index (χ0) is 18.0. The van der Waals surface area contributed by atoms with E-state index in [0.29, 0.717) is 16.1 Å². The summed E-state index contributed by atoms with van der Waals surface area (Å²) in [5, 5.41) is 3.60. The number of nitrogens with one attached hydrogen (secondary N) is 2. The molecule has 2 N–H and O–H groups in total. The second kappa shape index (κ2) is 7.37. The van der Waals surface area contributed by atoms with Gasteiger partial charge in [0, 0.05) is 10.4 Å². The summed E-state index contributed by atoms with van der Waals surface area (Å²) in [5.41, 5.74) is 2.20. The maximum atomic E-state index is 13.1. The molecule has 5 nitrogen and oxygen atoms in total. The van der Waals surface area contributed by atoms with Crippen molar-refractivity contribution in [2.75, 3.05) is 38.5 Å². The van der Waals surface area contributed by atoms with Gasteiger partial charge >= 0.3 is 0 Å². The number of carbonyl (C=O) groups excluding carboxylic acids is 2. The summed E-state index contributed by atoms with van der Waals surface area (Å²) < 4.78 is 0. The van der Waals surface area contributed by atoms with Gasteiger partial charge in [0.05, 0.1) is 38.8 Å². The minimum absolute atomic E-state index is 0.0257. The third-order valence-corrected chi connectivity index (χ3v) is 5.89. The molecule has 2 heterocycles. The van der Waals surface area contributed by atoms with Crippen LogP contribution in [0.3, 0.4) is 0 Å². The predicted octanol–water partition coefficient (Wildman–Crippen LogP) is 1.59. The minimum atomic E-state index is -0.182. The van der Waals surface area contributed by atoms with Crippen molar-refractivity contribution >= 4 is 28.2 Å². The summed E-state index contributed by atoms with van der Waals surface area (Å²) in [6.45, 7) is 7.37. The van der Waals surface area contributed by atoms with Gasteiger partial charge in [-0.1, -0.05) is 18.2 Å². The molecule has 2 aromatic rings. The molecule has 3 rings (SSSR count). The highest BCUT2D eigenvalue weighted by molar-refractivity contribution is 7.16. The van der Waals surface area contributed by atoms with Crippen LogP contribution in [0.1, 0.15) is 31.2 Å². The van der Waals surface area contributed by atoms with Crippen molar-refractivity contribution in [1.82, 2.24) is 4.90 Å². The second-order valence-corrected chi connectivity index (χ2v) is 7.78. The first kappa shape index (κ1) is 17.6. The van der Waals surface area contributed by atoms with Crippen LogP contribution in [-0.2, 0) is 0 Å². The molecular weight excluding hydrogens is 334 g/mol. The third-order valence-electron chi connectivity index (χ3n) is 4.77. The first-order chi connectivity index (χ1) is 12.0. The molecule has 1 aromatic carbocycles.